The lowest BCUT2D eigenvalue weighted by Crippen LogP contribution is -1.86. The second-order valence-corrected chi connectivity index (χ2v) is 3.23. The molecule has 2 aromatic heterocycles. The Balaban J connectivity index is 2.57. The Morgan fingerprint density at radius 3 is 3.07 bits per heavy atom. The van der Waals surface area contributed by atoms with Crippen molar-refractivity contribution >= 4 is 29.2 Å². The summed E-state index contributed by atoms with van der Waals surface area (Å²) in [6.45, 7) is 0. The van der Waals surface area contributed by atoms with Crippen LogP contribution in [0.1, 0.15) is 5.69 Å². The van der Waals surface area contributed by atoms with Crippen LogP contribution in [0.5, 0.6) is 0 Å². The molecule has 0 bridgehead atoms. The molecule has 2 rings (SSSR count). The van der Waals surface area contributed by atoms with Crippen LogP contribution in [0.25, 0.3) is 11.6 Å². The normalized spacial score (nSPS) is 11.3. The Labute approximate surface area is 90.4 Å². The van der Waals surface area contributed by atoms with Crippen LogP contribution in [0.4, 0.5) is 0 Å². The lowest BCUT2D eigenvalue weighted by molar-refractivity contribution is -0.131. The minimum absolute atomic E-state index is 0.315. The van der Waals surface area contributed by atoms with E-state index < -0.39 is 5.97 Å². The van der Waals surface area contributed by atoms with Crippen LogP contribution in [0.2, 0.25) is 5.28 Å². The number of carboxylic acids is 1. The molecule has 0 spiro atoms. The van der Waals surface area contributed by atoms with Gasteiger partial charge in [-0.15, -0.1) is 0 Å². The average molecular weight is 223 g/mol. The first-order valence-electron chi connectivity index (χ1n) is 4.22. The molecule has 76 valence electrons. The highest BCUT2D eigenvalue weighted by Crippen LogP contribution is 2.17. The van der Waals surface area contributed by atoms with E-state index in [0.717, 1.165) is 11.6 Å². The Hall–Kier alpha value is -1.81. The molecule has 2 heterocycles. The van der Waals surface area contributed by atoms with Gasteiger partial charge < -0.3 is 5.11 Å². The Kier molecular flexibility index (Phi) is 2.43. The third-order valence-electron chi connectivity index (χ3n) is 1.92. The molecule has 1 N–H and O–H groups in total. The van der Waals surface area contributed by atoms with E-state index in [9.17, 15) is 4.79 Å². The van der Waals surface area contributed by atoms with E-state index in [0.29, 0.717) is 11.0 Å². The van der Waals surface area contributed by atoms with E-state index in [1.807, 2.05) is 18.2 Å². The smallest absolute Gasteiger partial charge is 0.328 e. The summed E-state index contributed by atoms with van der Waals surface area (Å²) in [7, 11) is 0. The zero-order valence-corrected chi connectivity index (χ0v) is 8.35. The van der Waals surface area contributed by atoms with E-state index in [-0.39, 0.29) is 0 Å². The first kappa shape index (κ1) is 9.73. The number of carboxylic acid groups (broad SMARTS) is 1. The van der Waals surface area contributed by atoms with Gasteiger partial charge in [-0.05, 0) is 29.8 Å². The fourth-order valence-corrected chi connectivity index (χ4v) is 1.53. The van der Waals surface area contributed by atoms with Crippen molar-refractivity contribution in [2.75, 3.05) is 0 Å². The van der Waals surface area contributed by atoms with Gasteiger partial charge in [0.25, 0.3) is 0 Å². The number of fused-ring (bicyclic) bond motifs is 1. The van der Waals surface area contributed by atoms with E-state index in [1.54, 1.807) is 10.6 Å². The molecule has 0 unspecified atom stereocenters. The van der Waals surface area contributed by atoms with Gasteiger partial charge in [0, 0.05) is 12.3 Å². The molecular weight excluding hydrogens is 216 g/mol. The standard InChI is InChI=1S/C10H7ClN2O2/c11-10-12-7(4-5-9(14)15)8-3-1-2-6-13(8)10/h1-6H,(H,14,15)/b5-4+. The summed E-state index contributed by atoms with van der Waals surface area (Å²) < 4.78 is 1.68. The Morgan fingerprint density at radius 1 is 1.53 bits per heavy atom. The van der Waals surface area contributed by atoms with Crippen LogP contribution in [-0.4, -0.2) is 20.5 Å². The summed E-state index contributed by atoms with van der Waals surface area (Å²) in [6, 6.07) is 5.48. The third kappa shape index (κ3) is 1.85. The highest BCUT2D eigenvalue weighted by atomic mass is 35.5. The summed E-state index contributed by atoms with van der Waals surface area (Å²) in [6.07, 6.45) is 4.22. The van der Waals surface area contributed by atoms with Gasteiger partial charge >= 0.3 is 5.97 Å². The second-order valence-electron chi connectivity index (χ2n) is 2.89. The number of aliphatic carboxylic acids is 1. The first-order chi connectivity index (χ1) is 7.18. The first-order valence-corrected chi connectivity index (χ1v) is 4.60. The van der Waals surface area contributed by atoms with Crippen molar-refractivity contribution in [3.8, 4) is 0 Å². The lowest BCUT2D eigenvalue weighted by Gasteiger charge is -1.92. The van der Waals surface area contributed by atoms with Gasteiger partial charge in [-0.1, -0.05) is 6.07 Å². The number of pyridine rings is 1. The molecule has 0 aliphatic rings. The van der Waals surface area contributed by atoms with Crippen molar-refractivity contribution in [3.05, 3.63) is 41.4 Å². The molecule has 2 aromatic rings. The maximum atomic E-state index is 10.4. The number of carbonyl (C=O) groups is 1. The van der Waals surface area contributed by atoms with Gasteiger partial charge in [0.15, 0.2) is 0 Å². The number of rotatable bonds is 2. The highest BCUT2D eigenvalue weighted by molar-refractivity contribution is 6.29. The van der Waals surface area contributed by atoms with Crippen molar-refractivity contribution in [2.45, 2.75) is 0 Å². The maximum Gasteiger partial charge on any atom is 0.328 e. The van der Waals surface area contributed by atoms with Gasteiger partial charge in [0.2, 0.25) is 5.28 Å². The number of hydrogen-bond acceptors (Lipinski definition) is 2. The number of halogens is 1. The van der Waals surface area contributed by atoms with Gasteiger partial charge in [-0.3, -0.25) is 4.40 Å². The molecule has 0 aliphatic carbocycles. The largest absolute Gasteiger partial charge is 0.478 e. The van der Waals surface area contributed by atoms with Crippen molar-refractivity contribution in [1.82, 2.24) is 9.38 Å². The molecule has 0 aromatic carbocycles. The van der Waals surface area contributed by atoms with Crippen molar-refractivity contribution in [1.29, 1.82) is 0 Å². The number of aromatic nitrogens is 2. The lowest BCUT2D eigenvalue weighted by atomic mass is 10.3. The van der Waals surface area contributed by atoms with Gasteiger partial charge in [0.05, 0.1) is 11.2 Å². The summed E-state index contributed by atoms with van der Waals surface area (Å²) in [5.74, 6) is -1.01. The van der Waals surface area contributed by atoms with Crippen LogP contribution < -0.4 is 0 Å². The zero-order valence-electron chi connectivity index (χ0n) is 7.59. The van der Waals surface area contributed by atoms with Crippen molar-refractivity contribution in [2.24, 2.45) is 0 Å². The van der Waals surface area contributed by atoms with Crippen LogP contribution in [0, 0.1) is 0 Å². The maximum absolute atomic E-state index is 10.4. The van der Waals surface area contributed by atoms with E-state index in [2.05, 4.69) is 4.98 Å². The third-order valence-corrected chi connectivity index (χ3v) is 2.18. The minimum atomic E-state index is -1.01. The van der Waals surface area contributed by atoms with Gasteiger partial charge in [-0.2, -0.15) is 0 Å². The van der Waals surface area contributed by atoms with E-state index in [1.165, 1.54) is 6.08 Å². The molecule has 0 amide bonds. The van der Waals surface area contributed by atoms with Crippen molar-refractivity contribution < 1.29 is 9.90 Å². The molecule has 5 heteroatoms. The summed E-state index contributed by atoms with van der Waals surface area (Å²) >= 11 is 5.86. The summed E-state index contributed by atoms with van der Waals surface area (Å²) in [4.78, 5) is 14.4. The van der Waals surface area contributed by atoms with Crippen LogP contribution in [-0.2, 0) is 4.79 Å². The molecule has 4 nitrogen and oxygen atoms in total. The molecule has 0 atom stereocenters. The predicted molar refractivity (Wildman–Crippen MR) is 56.9 cm³/mol. The van der Waals surface area contributed by atoms with Crippen molar-refractivity contribution in [3.63, 3.8) is 0 Å². The zero-order chi connectivity index (χ0) is 10.8. The number of imidazole rings is 1. The second kappa shape index (κ2) is 3.74. The van der Waals surface area contributed by atoms with E-state index in [4.69, 9.17) is 16.7 Å². The minimum Gasteiger partial charge on any atom is -0.478 e. The molecule has 0 fully saturated rings. The predicted octanol–water partition coefficient (Wildman–Crippen LogP) is 2.09. The molecule has 0 radical (unpaired) electrons. The van der Waals surface area contributed by atoms with Gasteiger partial charge in [0.1, 0.15) is 0 Å². The fourth-order valence-electron chi connectivity index (χ4n) is 1.30. The molecule has 0 saturated carbocycles. The Bertz CT molecular complexity index is 545. The quantitative estimate of drug-likeness (QED) is 0.792. The molecule has 15 heavy (non-hydrogen) atoms. The number of nitrogens with zero attached hydrogens (tertiary/aromatic N) is 2. The summed E-state index contributed by atoms with van der Waals surface area (Å²) in [5, 5.41) is 8.81. The molecular formula is C10H7ClN2O2. The average Bonchev–Trinajstić information content (AvgIpc) is 2.54. The van der Waals surface area contributed by atoms with Crippen LogP contribution >= 0.6 is 11.6 Å². The van der Waals surface area contributed by atoms with Crippen LogP contribution in [0.3, 0.4) is 0 Å². The monoisotopic (exact) mass is 222 g/mol. The number of hydrogen-bond donors (Lipinski definition) is 1. The van der Waals surface area contributed by atoms with E-state index >= 15 is 0 Å². The summed E-state index contributed by atoms with van der Waals surface area (Å²) in [5.41, 5.74) is 1.32. The topological polar surface area (TPSA) is 54.6 Å². The SMILES string of the molecule is O=C(O)/C=C/c1nc(Cl)n2ccccc12. The van der Waals surface area contributed by atoms with Crippen LogP contribution in [0.15, 0.2) is 30.5 Å². The highest BCUT2D eigenvalue weighted by Gasteiger charge is 2.05. The molecule has 0 saturated heterocycles. The molecule has 0 aliphatic heterocycles. The Morgan fingerprint density at radius 2 is 2.33 bits per heavy atom. The van der Waals surface area contributed by atoms with Gasteiger partial charge in [-0.25, -0.2) is 9.78 Å². The fraction of sp³-hybridized carbons (Fsp3) is 0.